The fraction of sp³-hybridized carbons (Fsp3) is 0.0714. The van der Waals surface area contributed by atoms with Crippen molar-refractivity contribution in [2.75, 3.05) is 0 Å². The largest absolute Gasteiger partial charge is 0.488 e. The minimum Gasteiger partial charge on any atom is -0.488 e. The number of hydrogen-bond donors (Lipinski definition) is 2. The summed E-state index contributed by atoms with van der Waals surface area (Å²) < 4.78 is 20.2. The Bertz CT molecular complexity index is 693. The van der Waals surface area contributed by atoms with Crippen molar-refractivity contribution >= 4 is 37.7 Å². The van der Waals surface area contributed by atoms with Gasteiger partial charge >= 0.3 is 0 Å². The Hall–Kier alpha value is -1.60. The summed E-state index contributed by atoms with van der Waals surface area (Å²) in [5.41, 5.74) is 6.72. The first-order valence-corrected chi connectivity index (χ1v) is 7.44. The van der Waals surface area contributed by atoms with E-state index in [1.165, 1.54) is 6.07 Å². The van der Waals surface area contributed by atoms with Crippen molar-refractivity contribution in [3.8, 4) is 5.75 Å². The average Bonchev–Trinajstić information content (AvgIpc) is 2.49. The molecule has 0 aliphatic rings. The zero-order chi connectivity index (χ0) is 15.4. The number of benzene rings is 2. The molecule has 110 valence electrons. The average molecular weight is 418 g/mol. The van der Waals surface area contributed by atoms with Crippen LogP contribution >= 0.6 is 31.9 Å². The summed E-state index contributed by atoms with van der Waals surface area (Å²) in [6, 6.07) is 9.83. The van der Waals surface area contributed by atoms with Gasteiger partial charge in [-0.25, -0.2) is 4.39 Å². The minimum absolute atomic E-state index is 0.0652. The summed E-state index contributed by atoms with van der Waals surface area (Å²) in [4.78, 5) is 0. The van der Waals surface area contributed by atoms with E-state index >= 15 is 0 Å². The molecule has 0 bridgehead atoms. The van der Waals surface area contributed by atoms with Crippen molar-refractivity contribution in [2.45, 2.75) is 6.61 Å². The highest BCUT2D eigenvalue weighted by atomic mass is 79.9. The fourth-order valence-corrected chi connectivity index (χ4v) is 2.44. The molecule has 0 aromatic heterocycles. The SMILES string of the molecule is N/C(=N/O)c1cc(Br)ccc1OCc1cccc(F)c1Br. The maximum Gasteiger partial charge on any atom is 0.173 e. The second-order valence-corrected chi connectivity index (χ2v) is 5.84. The Kier molecular flexibility index (Phi) is 5.19. The minimum atomic E-state index is -0.358. The number of rotatable bonds is 4. The highest BCUT2D eigenvalue weighted by Crippen LogP contribution is 2.26. The number of nitrogens with two attached hydrogens (primary N) is 1. The van der Waals surface area contributed by atoms with Gasteiger partial charge in [0.1, 0.15) is 18.2 Å². The van der Waals surface area contributed by atoms with Crippen LogP contribution in [-0.2, 0) is 6.61 Å². The van der Waals surface area contributed by atoms with Gasteiger partial charge in [0.05, 0.1) is 10.0 Å². The molecule has 0 unspecified atom stereocenters. The van der Waals surface area contributed by atoms with Gasteiger partial charge in [0.25, 0.3) is 0 Å². The number of ether oxygens (including phenoxy) is 1. The van der Waals surface area contributed by atoms with Crippen LogP contribution in [0.25, 0.3) is 0 Å². The second-order valence-electron chi connectivity index (χ2n) is 4.13. The van der Waals surface area contributed by atoms with Crippen molar-refractivity contribution in [3.05, 3.63) is 62.3 Å². The Morgan fingerprint density at radius 1 is 1.29 bits per heavy atom. The van der Waals surface area contributed by atoms with Crippen molar-refractivity contribution in [1.29, 1.82) is 0 Å². The molecule has 0 fully saturated rings. The molecular formula is C14H11Br2FN2O2. The first kappa shape index (κ1) is 15.8. The molecule has 0 heterocycles. The van der Waals surface area contributed by atoms with Crippen LogP contribution in [0.1, 0.15) is 11.1 Å². The summed E-state index contributed by atoms with van der Waals surface area (Å²) in [7, 11) is 0. The van der Waals surface area contributed by atoms with Gasteiger partial charge < -0.3 is 15.7 Å². The Morgan fingerprint density at radius 3 is 2.76 bits per heavy atom. The van der Waals surface area contributed by atoms with Gasteiger partial charge in [-0.2, -0.15) is 0 Å². The maximum absolute atomic E-state index is 13.4. The van der Waals surface area contributed by atoms with Crippen LogP contribution in [0.3, 0.4) is 0 Å². The fourth-order valence-electron chi connectivity index (χ4n) is 1.70. The molecule has 0 radical (unpaired) electrons. The molecule has 0 saturated heterocycles. The monoisotopic (exact) mass is 416 g/mol. The van der Waals surface area contributed by atoms with Crippen LogP contribution in [-0.4, -0.2) is 11.0 Å². The first-order valence-electron chi connectivity index (χ1n) is 5.86. The van der Waals surface area contributed by atoms with Crippen LogP contribution in [0.4, 0.5) is 4.39 Å². The summed E-state index contributed by atoms with van der Waals surface area (Å²) in [5, 5.41) is 11.8. The third-order valence-electron chi connectivity index (χ3n) is 2.74. The van der Waals surface area contributed by atoms with Crippen LogP contribution in [0.15, 0.2) is 50.5 Å². The zero-order valence-corrected chi connectivity index (χ0v) is 13.9. The molecule has 0 amide bonds. The van der Waals surface area contributed by atoms with E-state index in [1.807, 2.05) is 0 Å². The molecule has 3 N–H and O–H groups in total. The predicted molar refractivity (Wildman–Crippen MR) is 85.1 cm³/mol. The topological polar surface area (TPSA) is 67.8 Å². The van der Waals surface area contributed by atoms with Crippen LogP contribution in [0, 0.1) is 5.82 Å². The Balaban J connectivity index is 2.26. The molecule has 0 spiro atoms. The Labute approximate surface area is 137 Å². The van der Waals surface area contributed by atoms with E-state index in [2.05, 4.69) is 37.0 Å². The number of amidine groups is 1. The molecule has 7 heteroatoms. The second kappa shape index (κ2) is 6.91. The summed E-state index contributed by atoms with van der Waals surface area (Å²) in [5.74, 6) is 0.0119. The molecule has 21 heavy (non-hydrogen) atoms. The normalized spacial score (nSPS) is 11.5. The van der Waals surface area contributed by atoms with E-state index in [-0.39, 0.29) is 18.3 Å². The van der Waals surface area contributed by atoms with Gasteiger partial charge in [-0.1, -0.05) is 33.2 Å². The third-order valence-corrected chi connectivity index (χ3v) is 4.12. The van der Waals surface area contributed by atoms with Gasteiger partial charge in [0.2, 0.25) is 0 Å². The highest BCUT2D eigenvalue weighted by molar-refractivity contribution is 9.10. The predicted octanol–water partition coefficient (Wildman–Crippen LogP) is 4.02. The van der Waals surface area contributed by atoms with E-state index in [9.17, 15) is 4.39 Å². The molecule has 2 rings (SSSR count). The van der Waals surface area contributed by atoms with Crippen LogP contribution in [0.5, 0.6) is 5.75 Å². The number of nitrogens with zero attached hydrogens (tertiary/aromatic N) is 1. The van der Waals surface area contributed by atoms with E-state index in [1.54, 1.807) is 30.3 Å². The van der Waals surface area contributed by atoms with E-state index < -0.39 is 0 Å². The number of hydrogen-bond acceptors (Lipinski definition) is 3. The molecule has 4 nitrogen and oxygen atoms in total. The quantitative estimate of drug-likeness (QED) is 0.341. The molecule has 0 aliphatic carbocycles. The molecular weight excluding hydrogens is 407 g/mol. The van der Waals surface area contributed by atoms with Gasteiger partial charge in [0, 0.05) is 10.0 Å². The number of oxime groups is 1. The summed E-state index contributed by atoms with van der Waals surface area (Å²) in [6.07, 6.45) is 0. The van der Waals surface area contributed by atoms with Gasteiger partial charge in [-0.05, 0) is 40.2 Å². The van der Waals surface area contributed by atoms with Gasteiger partial charge in [-0.3, -0.25) is 0 Å². The lowest BCUT2D eigenvalue weighted by Crippen LogP contribution is -2.15. The van der Waals surface area contributed by atoms with Crippen molar-refractivity contribution in [2.24, 2.45) is 10.9 Å². The molecule has 2 aromatic rings. The molecule has 0 saturated carbocycles. The van der Waals surface area contributed by atoms with Gasteiger partial charge in [-0.15, -0.1) is 0 Å². The molecule has 2 aromatic carbocycles. The lowest BCUT2D eigenvalue weighted by atomic mass is 10.2. The van der Waals surface area contributed by atoms with Crippen molar-refractivity contribution in [1.82, 2.24) is 0 Å². The maximum atomic E-state index is 13.4. The van der Waals surface area contributed by atoms with E-state index in [0.29, 0.717) is 21.3 Å². The first-order chi connectivity index (χ1) is 10.0. The third kappa shape index (κ3) is 3.74. The van der Waals surface area contributed by atoms with E-state index in [4.69, 9.17) is 15.7 Å². The van der Waals surface area contributed by atoms with Crippen LogP contribution < -0.4 is 10.5 Å². The standard InChI is InChI=1S/C14H11Br2FN2O2/c15-9-4-5-12(10(6-9)14(18)19-20)21-7-8-2-1-3-11(17)13(8)16/h1-6,20H,7H2,(H2,18,19). The van der Waals surface area contributed by atoms with Crippen molar-refractivity contribution in [3.63, 3.8) is 0 Å². The summed E-state index contributed by atoms with van der Waals surface area (Å²) in [6.45, 7) is 0.145. The zero-order valence-electron chi connectivity index (χ0n) is 10.7. The van der Waals surface area contributed by atoms with Crippen molar-refractivity contribution < 1.29 is 14.3 Å². The van der Waals surface area contributed by atoms with Crippen LogP contribution in [0.2, 0.25) is 0 Å². The lowest BCUT2D eigenvalue weighted by Gasteiger charge is -2.12. The smallest absolute Gasteiger partial charge is 0.173 e. The summed E-state index contributed by atoms with van der Waals surface area (Å²) >= 11 is 6.48. The van der Waals surface area contributed by atoms with E-state index in [0.717, 1.165) is 4.47 Å². The molecule has 0 atom stereocenters. The highest BCUT2D eigenvalue weighted by Gasteiger charge is 2.11. The number of halogens is 3. The Morgan fingerprint density at radius 2 is 2.05 bits per heavy atom. The lowest BCUT2D eigenvalue weighted by molar-refractivity contribution is 0.302. The van der Waals surface area contributed by atoms with Gasteiger partial charge in [0.15, 0.2) is 5.84 Å². The molecule has 0 aliphatic heterocycles.